The van der Waals surface area contributed by atoms with Gasteiger partial charge in [-0.3, -0.25) is 9.97 Å². The fraction of sp³-hybridized carbons (Fsp3) is 0.250. The molecule has 88 valence electrons. The van der Waals surface area contributed by atoms with E-state index in [0.29, 0.717) is 0 Å². The molecule has 0 saturated heterocycles. The lowest BCUT2D eigenvalue weighted by Gasteiger charge is -2.16. The molecule has 2 heterocycles. The largest absolute Gasteiger partial charge is 0.255 e. The second-order valence-electron chi connectivity index (χ2n) is 5.04. The Hall–Kier alpha value is -1.96. The number of benzene rings is 1. The zero-order valence-corrected chi connectivity index (χ0v) is 10.2. The van der Waals surface area contributed by atoms with E-state index in [2.05, 4.69) is 28.2 Å². The van der Waals surface area contributed by atoms with Gasteiger partial charge in [0.05, 0.1) is 17.2 Å². The Morgan fingerprint density at radius 3 is 2.56 bits per heavy atom. The van der Waals surface area contributed by atoms with Crippen molar-refractivity contribution in [2.24, 2.45) is 0 Å². The van der Waals surface area contributed by atoms with Crippen LogP contribution in [0.15, 0.2) is 36.7 Å². The first kappa shape index (κ1) is 10.0. The summed E-state index contributed by atoms with van der Waals surface area (Å²) in [7, 11) is 0. The van der Waals surface area contributed by atoms with Gasteiger partial charge in [0, 0.05) is 17.0 Å². The summed E-state index contributed by atoms with van der Waals surface area (Å²) in [4.78, 5) is 8.94. The maximum atomic E-state index is 4.55. The molecule has 0 spiro atoms. The smallest absolute Gasteiger partial charge is 0.0891 e. The maximum Gasteiger partial charge on any atom is 0.0891 e. The Morgan fingerprint density at radius 2 is 1.67 bits per heavy atom. The van der Waals surface area contributed by atoms with E-state index in [-0.39, 0.29) is 0 Å². The third-order valence-electron chi connectivity index (χ3n) is 3.91. The second-order valence-corrected chi connectivity index (χ2v) is 5.04. The predicted octanol–water partition coefficient (Wildman–Crippen LogP) is 3.66. The minimum absolute atomic E-state index is 0.987. The fourth-order valence-corrected chi connectivity index (χ4v) is 2.97. The van der Waals surface area contributed by atoms with Crippen molar-refractivity contribution in [3.05, 3.63) is 47.8 Å². The van der Waals surface area contributed by atoms with Crippen LogP contribution >= 0.6 is 0 Å². The molecule has 0 N–H and O–H groups in total. The van der Waals surface area contributed by atoms with Crippen molar-refractivity contribution in [1.82, 2.24) is 9.97 Å². The van der Waals surface area contributed by atoms with E-state index in [1.54, 1.807) is 0 Å². The van der Waals surface area contributed by atoms with Gasteiger partial charge in [0.25, 0.3) is 0 Å². The first-order chi connectivity index (χ1) is 8.92. The average Bonchev–Trinajstić information content (AvgIpc) is 2.45. The Morgan fingerprint density at radius 1 is 0.833 bits per heavy atom. The molecule has 0 fully saturated rings. The van der Waals surface area contributed by atoms with Crippen molar-refractivity contribution in [2.45, 2.75) is 25.7 Å². The minimum atomic E-state index is 0.987. The molecule has 2 heteroatoms. The highest BCUT2D eigenvalue weighted by atomic mass is 14.7. The number of aryl methyl sites for hydroxylation is 2. The monoisotopic (exact) mass is 234 g/mol. The lowest BCUT2D eigenvalue weighted by molar-refractivity contribution is 0.687. The van der Waals surface area contributed by atoms with Crippen LogP contribution in [-0.2, 0) is 12.8 Å². The molecule has 1 aliphatic rings. The van der Waals surface area contributed by atoms with Gasteiger partial charge in [-0.05, 0) is 55.0 Å². The van der Waals surface area contributed by atoms with Crippen LogP contribution in [0.5, 0.6) is 0 Å². The van der Waals surface area contributed by atoms with Gasteiger partial charge in [0.2, 0.25) is 0 Å². The molecule has 0 atom stereocenters. The molecule has 3 aromatic rings. The van der Waals surface area contributed by atoms with Gasteiger partial charge in [0.1, 0.15) is 0 Å². The number of rotatable bonds is 0. The lowest BCUT2D eigenvalue weighted by atomic mass is 9.90. The van der Waals surface area contributed by atoms with Crippen LogP contribution in [0.25, 0.3) is 21.8 Å². The maximum absolute atomic E-state index is 4.55. The number of pyridine rings is 2. The van der Waals surface area contributed by atoms with Crippen LogP contribution in [0, 0.1) is 0 Å². The van der Waals surface area contributed by atoms with Gasteiger partial charge in [-0.2, -0.15) is 0 Å². The summed E-state index contributed by atoms with van der Waals surface area (Å²) in [6.45, 7) is 0. The van der Waals surface area contributed by atoms with E-state index in [0.717, 1.165) is 11.0 Å². The standard InChI is InChI=1S/C16H14N2/c1-2-5-12-9-15-14(8-11(12)4-1)13-6-3-7-17-16(13)10-18-15/h3,6-10H,1-2,4-5H2. The van der Waals surface area contributed by atoms with Gasteiger partial charge < -0.3 is 0 Å². The Kier molecular flexibility index (Phi) is 2.10. The van der Waals surface area contributed by atoms with E-state index < -0.39 is 0 Å². The summed E-state index contributed by atoms with van der Waals surface area (Å²) in [5.41, 5.74) is 5.09. The molecule has 0 saturated carbocycles. The highest BCUT2D eigenvalue weighted by Gasteiger charge is 2.12. The van der Waals surface area contributed by atoms with Crippen LogP contribution in [-0.4, -0.2) is 9.97 Å². The van der Waals surface area contributed by atoms with Gasteiger partial charge in [-0.15, -0.1) is 0 Å². The van der Waals surface area contributed by atoms with Crippen LogP contribution in [0.4, 0.5) is 0 Å². The fourth-order valence-electron chi connectivity index (χ4n) is 2.97. The molecule has 0 unspecified atom stereocenters. The van der Waals surface area contributed by atoms with Crippen molar-refractivity contribution >= 4 is 21.8 Å². The number of fused-ring (bicyclic) bond motifs is 4. The van der Waals surface area contributed by atoms with Crippen LogP contribution < -0.4 is 0 Å². The third kappa shape index (κ3) is 1.42. The van der Waals surface area contributed by atoms with Gasteiger partial charge >= 0.3 is 0 Å². The molecular formula is C16H14N2. The van der Waals surface area contributed by atoms with Crippen LogP contribution in [0.3, 0.4) is 0 Å². The highest BCUT2D eigenvalue weighted by molar-refractivity contribution is 6.04. The molecular weight excluding hydrogens is 220 g/mol. The molecule has 18 heavy (non-hydrogen) atoms. The summed E-state index contributed by atoms with van der Waals surface area (Å²) in [6, 6.07) is 8.75. The van der Waals surface area contributed by atoms with Crippen LogP contribution in [0.2, 0.25) is 0 Å². The first-order valence-corrected chi connectivity index (χ1v) is 6.57. The third-order valence-corrected chi connectivity index (χ3v) is 3.91. The molecule has 1 aromatic carbocycles. The lowest BCUT2D eigenvalue weighted by Crippen LogP contribution is -2.02. The summed E-state index contributed by atoms with van der Waals surface area (Å²) < 4.78 is 0. The molecule has 4 rings (SSSR count). The molecule has 0 amide bonds. The normalized spacial score (nSPS) is 14.9. The van der Waals surface area contributed by atoms with E-state index in [4.69, 9.17) is 0 Å². The minimum Gasteiger partial charge on any atom is -0.255 e. The Labute approximate surface area is 106 Å². The predicted molar refractivity (Wildman–Crippen MR) is 73.7 cm³/mol. The van der Waals surface area contributed by atoms with Gasteiger partial charge in [-0.25, -0.2) is 0 Å². The summed E-state index contributed by atoms with van der Waals surface area (Å²) in [6.07, 6.45) is 8.75. The Balaban J connectivity index is 2.12. The van der Waals surface area contributed by atoms with Crippen molar-refractivity contribution in [3.8, 4) is 0 Å². The SMILES string of the molecule is c1cnc2cnc3cc4c(cc3c2c1)CCCC4. The zero-order valence-electron chi connectivity index (χ0n) is 10.2. The van der Waals surface area contributed by atoms with Gasteiger partial charge in [0.15, 0.2) is 0 Å². The van der Waals surface area contributed by atoms with E-state index >= 15 is 0 Å². The second kappa shape index (κ2) is 3.77. The van der Waals surface area contributed by atoms with E-state index in [9.17, 15) is 0 Å². The molecule has 0 radical (unpaired) electrons. The summed E-state index contributed by atoms with van der Waals surface area (Å²) in [5.74, 6) is 0. The van der Waals surface area contributed by atoms with Crippen molar-refractivity contribution in [3.63, 3.8) is 0 Å². The van der Waals surface area contributed by atoms with Crippen molar-refractivity contribution < 1.29 is 0 Å². The van der Waals surface area contributed by atoms with Gasteiger partial charge in [-0.1, -0.05) is 6.07 Å². The van der Waals surface area contributed by atoms with Crippen LogP contribution in [0.1, 0.15) is 24.0 Å². The number of hydrogen-bond donors (Lipinski definition) is 0. The van der Waals surface area contributed by atoms with Crippen molar-refractivity contribution in [2.75, 3.05) is 0 Å². The Bertz CT molecular complexity index is 747. The van der Waals surface area contributed by atoms with Crippen molar-refractivity contribution in [1.29, 1.82) is 0 Å². The molecule has 0 aliphatic heterocycles. The molecule has 1 aliphatic carbocycles. The molecule has 2 nitrogen and oxygen atoms in total. The number of hydrogen-bond acceptors (Lipinski definition) is 2. The zero-order chi connectivity index (χ0) is 11.9. The number of aromatic nitrogens is 2. The topological polar surface area (TPSA) is 25.8 Å². The molecule has 0 bridgehead atoms. The number of nitrogens with zero attached hydrogens (tertiary/aromatic N) is 2. The van der Waals surface area contributed by atoms with E-state index in [1.165, 1.54) is 47.6 Å². The summed E-state index contributed by atoms with van der Waals surface area (Å²) >= 11 is 0. The average molecular weight is 234 g/mol. The quantitative estimate of drug-likeness (QED) is 0.555. The molecule has 2 aromatic heterocycles. The van der Waals surface area contributed by atoms with E-state index in [1.807, 2.05) is 18.5 Å². The highest BCUT2D eigenvalue weighted by Crippen LogP contribution is 2.29. The summed E-state index contributed by atoms with van der Waals surface area (Å²) in [5, 5.41) is 2.47. The first-order valence-electron chi connectivity index (χ1n) is 6.57.